The zero-order chi connectivity index (χ0) is 12.3. The highest BCUT2D eigenvalue weighted by Gasteiger charge is 2.16. The van der Waals surface area contributed by atoms with E-state index in [4.69, 9.17) is 5.84 Å². The maximum absolute atomic E-state index is 5.59. The van der Waals surface area contributed by atoms with Crippen LogP contribution >= 0.6 is 0 Å². The zero-order valence-corrected chi connectivity index (χ0v) is 10.0. The highest BCUT2D eigenvalue weighted by atomic mass is 15.3. The Morgan fingerprint density at radius 3 is 2.94 bits per heavy atom. The van der Waals surface area contributed by atoms with Gasteiger partial charge in [0.2, 0.25) is 0 Å². The number of nitrogens with one attached hydrogen (secondary N) is 1. The van der Waals surface area contributed by atoms with Crippen molar-refractivity contribution >= 4 is 0 Å². The van der Waals surface area contributed by atoms with E-state index in [-0.39, 0.29) is 6.04 Å². The molecule has 0 aromatic carbocycles. The molecule has 2 aromatic rings. The maximum Gasteiger partial charge on any atom is 0.138 e. The molecule has 2 aromatic heterocycles. The maximum atomic E-state index is 5.59. The lowest BCUT2D eigenvalue weighted by Crippen LogP contribution is -2.31. The van der Waals surface area contributed by atoms with Crippen molar-refractivity contribution in [3.8, 4) is 0 Å². The highest BCUT2D eigenvalue weighted by Crippen LogP contribution is 2.15. The summed E-state index contributed by atoms with van der Waals surface area (Å²) in [7, 11) is 1.94. The Morgan fingerprint density at radius 1 is 1.53 bits per heavy atom. The molecule has 92 valence electrons. The number of hydrazine groups is 1. The van der Waals surface area contributed by atoms with Gasteiger partial charge >= 0.3 is 0 Å². The quantitative estimate of drug-likeness (QED) is 0.552. The van der Waals surface area contributed by atoms with Crippen LogP contribution in [0.2, 0.25) is 0 Å². The minimum atomic E-state index is -0.0167. The van der Waals surface area contributed by atoms with Gasteiger partial charge in [-0.1, -0.05) is 0 Å². The van der Waals surface area contributed by atoms with Crippen molar-refractivity contribution in [2.45, 2.75) is 25.9 Å². The zero-order valence-electron chi connectivity index (χ0n) is 10.0. The Morgan fingerprint density at radius 2 is 2.35 bits per heavy atom. The normalized spacial score (nSPS) is 12.9. The van der Waals surface area contributed by atoms with Gasteiger partial charge in [0.05, 0.1) is 18.1 Å². The number of nitrogens with zero attached hydrogens (tertiary/aromatic N) is 5. The van der Waals surface area contributed by atoms with Crippen LogP contribution in [0.4, 0.5) is 0 Å². The largest absolute Gasteiger partial charge is 0.336 e. The predicted octanol–water partition coefficient (Wildman–Crippen LogP) is -0.221. The summed E-state index contributed by atoms with van der Waals surface area (Å²) in [5, 5.41) is 4.14. The Bertz CT molecular complexity index is 472. The average molecular weight is 235 g/mol. The topological polar surface area (TPSA) is 86.6 Å². The number of hydrogen-bond donors (Lipinski definition) is 2. The van der Waals surface area contributed by atoms with E-state index < -0.39 is 0 Å². The molecular formula is C10H17N7. The first-order valence-corrected chi connectivity index (χ1v) is 5.55. The van der Waals surface area contributed by atoms with Crippen LogP contribution in [-0.4, -0.2) is 24.3 Å². The fourth-order valence-corrected chi connectivity index (χ4v) is 1.84. The molecule has 7 heteroatoms. The van der Waals surface area contributed by atoms with E-state index in [1.165, 1.54) is 0 Å². The molecule has 0 spiro atoms. The number of rotatable bonds is 5. The van der Waals surface area contributed by atoms with Gasteiger partial charge in [-0.05, 0) is 6.92 Å². The highest BCUT2D eigenvalue weighted by molar-refractivity contribution is 5.07. The fraction of sp³-hybridized carbons (Fsp3) is 0.500. The van der Waals surface area contributed by atoms with Gasteiger partial charge in [-0.2, -0.15) is 5.10 Å². The van der Waals surface area contributed by atoms with E-state index in [0.29, 0.717) is 6.42 Å². The second-order valence-electron chi connectivity index (χ2n) is 3.84. The lowest BCUT2D eigenvalue weighted by atomic mass is 10.1. The van der Waals surface area contributed by atoms with Crippen LogP contribution in [0.3, 0.4) is 0 Å². The number of hydrogen-bond acceptors (Lipinski definition) is 5. The summed E-state index contributed by atoms with van der Waals surface area (Å²) in [6.07, 6.45) is 5.81. The van der Waals surface area contributed by atoms with Crippen LogP contribution in [0, 0.1) is 0 Å². The molecule has 17 heavy (non-hydrogen) atoms. The molecule has 0 saturated carbocycles. The first-order chi connectivity index (χ1) is 8.26. The Hall–Kier alpha value is -1.73. The van der Waals surface area contributed by atoms with Crippen molar-refractivity contribution in [2.75, 3.05) is 0 Å². The van der Waals surface area contributed by atoms with E-state index in [1.807, 2.05) is 23.2 Å². The van der Waals surface area contributed by atoms with E-state index in [1.54, 1.807) is 18.9 Å². The van der Waals surface area contributed by atoms with Crippen LogP contribution in [0.25, 0.3) is 0 Å². The Kier molecular flexibility index (Phi) is 3.50. The third-order valence-corrected chi connectivity index (χ3v) is 2.79. The molecule has 0 aliphatic heterocycles. The fourth-order valence-electron chi connectivity index (χ4n) is 1.84. The molecule has 0 saturated heterocycles. The smallest absolute Gasteiger partial charge is 0.138 e. The van der Waals surface area contributed by atoms with E-state index >= 15 is 0 Å². The van der Waals surface area contributed by atoms with Gasteiger partial charge in [0.25, 0.3) is 0 Å². The van der Waals surface area contributed by atoms with Crippen molar-refractivity contribution in [1.82, 2.24) is 29.7 Å². The summed E-state index contributed by atoms with van der Waals surface area (Å²) in [5.41, 5.74) is 3.82. The number of aryl methyl sites for hydroxylation is 2. The molecular weight excluding hydrogens is 218 g/mol. The van der Waals surface area contributed by atoms with Crippen LogP contribution in [0.15, 0.2) is 18.9 Å². The van der Waals surface area contributed by atoms with Gasteiger partial charge in [0.1, 0.15) is 12.2 Å². The van der Waals surface area contributed by atoms with Gasteiger partial charge < -0.3 is 4.57 Å². The van der Waals surface area contributed by atoms with Gasteiger partial charge in [0, 0.05) is 26.2 Å². The summed E-state index contributed by atoms with van der Waals surface area (Å²) in [6, 6.07) is -0.0167. The summed E-state index contributed by atoms with van der Waals surface area (Å²) < 4.78 is 3.80. The molecule has 0 bridgehead atoms. The Labute approximate surface area is 99.6 Å². The molecule has 0 aliphatic carbocycles. The van der Waals surface area contributed by atoms with Crippen molar-refractivity contribution in [2.24, 2.45) is 12.9 Å². The first kappa shape index (κ1) is 11.7. The number of nitrogens with two attached hydrogens (primary N) is 1. The molecule has 0 amide bonds. The number of imidazole rings is 1. The third-order valence-electron chi connectivity index (χ3n) is 2.79. The molecule has 0 radical (unpaired) electrons. The van der Waals surface area contributed by atoms with Crippen molar-refractivity contribution < 1.29 is 0 Å². The van der Waals surface area contributed by atoms with E-state index in [0.717, 1.165) is 18.1 Å². The lowest BCUT2D eigenvalue weighted by molar-refractivity contribution is 0.489. The first-order valence-electron chi connectivity index (χ1n) is 5.55. The molecule has 1 unspecified atom stereocenters. The van der Waals surface area contributed by atoms with Gasteiger partial charge in [-0.3, -0.25) is 16.0 Å². The van der Waals surface area contributed by atoms with Crippen LogP contribution in [0.1, 0.15) is 24.5 Å². The van der Waals surface area contributed by atoms with Crippen LogP contribution < -0.4 is 11.3 Å². The van der Waals surface area contributed by atoms with Gasteiger partial charge in [-0.15, -0.1) is 0 Å². The molecule has 7 nitrogen and oxygen atoms in total. The van der Waals surface area contributed by atoms with Crippen molar-refractivity contribution in [1.29, 1.82) is 0 Å². The monoisotopic (exact) mass is 235 g/mol. The predicted molar refractivity (Wildman–Crippen MR) is 62.7 cm³/mol. The van der Waals surface area contributed by atoms with Gasteiger partial charge in [0.15, 0.2) is 0 Å². The summed E-state index contributed by atoms with van der Waals surface area (Å²) in [5.74, 6) is 6.51. The second kappa shape index (κ2) is 5.07. The number of aromatic nitrogens is 5. The molecule has 1 atom stereocenters. The standard InChI is InChI=1S/C10H17N7/c1-3-17-10(13-6-14-17)4-8(15-11)9-5-12-7-16(9)2/h5-8,15H,3-4,11H2,1-2H3. The lowest BCUT2D eigenvalue weighted by Gasteiger charge is -2.16. The van der Waals surface area contributed by atoms with E-state index in [9.17, 15) is 0 Å². The molecule has 3 N–H and O–H groups in total. The third kappa shape index (κ3) is 2.34. The summed E-state index contributed by atoms with van der Waals surface area (Å²) >= 11 is 0. The molecule has 2 rings (SSSR count). The molecule has 0 aliphatic rings. The van der Waals surface area contributed by atoms with E-state index in [2.05, 4.69) is 20.5 Å². The van der Waals surface area contributed by atoms with Crippen LogP contribution in [0.5, 0.6) is 0 Å². The minimum Gasteiger partial charge on any atom is -0.336 e. The second-order valence-corrected chi connectivity index (χ2v) is 3.84. The summed E-state index contributed by atoms with van der Waals surface area (Å²) in [4.78, 5) is 8.33. The summed E-state index contributed by atoms with van der Waals surface area (Å²) in [6.45, 7) is 2.84. The van der Waals surface area contributed by atoms with Gasteiger partial charge in [-0.25, -0.2) is 9.97 Å². The van der Waals surface area contributed by atoms with Crippen LogP contribution in [-0.2, 0) is 20.0 Å². The average Bonchev–Trinajstić information content (AvgIpc) is 2.94. The van der Waals surface area contributed by atoms with Crippen molar-refractivity contribution in [3.63, 3.8) is 0 Å². The molecule has 0 fully saturated rings. The SMILES string of the molecule is CCn1ncnc1CC(NN)c1cncn1C. The Balaban J connectivity index is 2.19. The minimum absolute atomic E-state index is 0.0167. The van der Waals surface area contributed by atoms with Crippen molar-refractivity contribution in [3.05, 3.63) is 30.4 Å². The molecule has 2 heterocycles.